The van der Waals surface area contributed by atoms with E-state index >= 15 is 0 Å². The van der Waals surface area contributed by atoms with Gasteiger partial charge in [0, 0.05) is 0 Å². The highest BCUT2D eigenvalue weighted by atomic mass is 16.6. The third-order valence-electron chi connectivity index (χ3n) is 3.04. The molecule has 0 spiro atoms. The van der Waals surface area contributed by atoms with Crippen LogP contribution in [-0.2, 0) is 14.3 Å². The van der Waals surface area contributed by atoms with Crippen molar-refractivity contribution < 1.29 is 23.9 Å². The lowest BCUT2D eigenvalue weighted by atomic mass is 10.1. The second-order valence-electron chi connectivity index (χ2n) is 5.57. The number of nitrogens with one attached hydrogen (secondary N) is 1. The highest BCUT2D eigenvalue weighted by Gasteiger charge is 2.27. The molecular weight excluding hydrogens is 300 g/mol. The molecule has 1 aromatic carbocycles. The number of ether oxygens (including phenoxy) is 2. The minimum absolute atomic E-state index is 0.320. The summed E-state index contributed by atoms with van der Waals surface area (Å²) in [5.74, 6) is -1.22. The number of benzene rings is 1. The van der Waals surface area contributed by atoms with Crippen molar-refractivity contribution in [2.24, 2.45) is 11.7 Å². The van der Waals surface area contributed by atoms with E-state index in [-0.39, 0.29) is 12.5 Å². The van der Waals surface area contributed by atoms with Crippen molar-refractivity contribution in [3.8, 4) is 5.75 Å². The topological polar surface area (TPSA) is 108 Å². The number of amides is 3. The number of carbonyl (C=O) groups is 3. The molecule has 0 aromatic heterocycles. The highest BCUT2D eigenvalue weighted by molar-refractivity contribution is 5.96. The molecule has 23 heavy (non-hydrogen) atoms. The van der Waals surface area contributed by atoms with Crippen LogP contribution in [0.5, 0.6) is 5.75 Å². The van der Waals surface area contributed by atoms with Crippen molar-refractivity contribution >= 4 is 17.9 Å². The first-order chi connectivity index (χ1) is 10.7. The summed E-state index contributed by atoms with van der Waals surface area (Å²) in [6, 6.07) is 4.56. The Hall–Kier alpha value is -2.57. The zero-order valence-electron chi connectivity index (χ0n) is 13.7. The molecule has 1 aromatic rings. The lowest BCUT2D eigenvalue weighted by Crippen LogP contribution is -2.46. The lowest BCUT2D eigenvalue weighted by Gasteiger charge is -2.20. The largest absolute Gasteiger partial charge is 0.482 e. The van der Waals surface area contributed by atoms with Gasteiger partial charge in [-0.1, -0.05) is 31.5 Å². The van der Waals surface area contributed by atoms with Crippen molar-refractivity contribution in [1.29, 1.82) is 0 Å². The molecule has 0 radical (unpaired) electrons. The maximum atomic E-state index is 11.9. The van der Waals surface area contributed by atoms with Crippen LogP contribution in [0.3, 0.4) is 0 Å². The monoisotopic (exact) mass is 322 g/mol. The van der Waals surface area contributed by atoms with Gasteiger partial charge in [0.15, 0.2) is 12.7 Å². The second-order valence-corrected chi connectivity index (χ2v) is 5.57. The summed E-state index contributed by atoms with van der Waals surface area (Å²) >= 11 is 0. The van der Waals surface area contributed by atoms with Gasteiger partial charge in [-0.15, -0.1) is 0 Å². The van der Waals surface area contributed by atoms with Gasteiger partial charge in [0.25, 0.3) is 5.91 Å². The number of aryl methyl sites for hydroxylation is 2. The summed E-state index contributed by atoms with van der Waals surface area (Å²) < 4.78 is 10.5. The predicted octanol–water partition coefficient (Wildman–Crippen LogP) is 1.44. The number of imide groups is 1. The molecule has 7 heteroatoms. The van der Waals surface area contributed by atoms with Gasteiger partial charge in [-0.3, -0.25) is 10.1 Å². The molecule has 0 aliphatic carbocycles. The third-order valence-corrected chi connectivity index (χ3v) is 3.04. The van der Waals surface area contributed by atoms with E-state index in [1.54, 1.807) is 19.9 Å². The number of rotatable bonds is 6. The molecule has 3 amide bonds. The molecule has 0 saturated carbocycles. The fourth-order valence-corrected chi connectivity index (χ4v) is 1.96. The third kappa shape index (κ3) is 5.98. The molecule has 7 nitrogen and oxygen atoms in total. The Labute approximate surface area is 135 Å². The number of carbonyl (C=O) groups excluding carboxylic acids is 3. The van der Waals surface area contributed by atoms with Crippen LogP contribution in [0.25, 0.3) is 0 Å². The molecule has 0 saturated heterocycles. The first kappa shape index (κ1) is 18.5. The highest BCUT2D eigenvalue weighted by Crippen LogP contribution is 2.18. The number of hydrogen-bond acceptors (Lipinski definition) is 5. The van der Waals surface area contributed by atoms with E-state index in [0.717, 1.165) is 11.1 Å². The van der Waals surface area contributed by atoms with E-state index in [0.29, 0.717) is 5.75 Å². The van der Waals surface area contributed by atoms with Crippen LogP contribution in [0, 0.1) is 19.8 Å². The molecule has 0 bridgehead atoms. The SMILES string of the molecule is Cc1ccc(OCC(=O)O[C@H](C(=O)NC(N)=O)C(C)C)c(C)c1. The molecule has 1 atom stereocenters. The van der Waals surface area contributed by atoms with Crippen molar-refractivity contribution in [3.05, 3.63) is 29.3 Å². The Morgan fingerprint density at radius 3 is 2.39 bits per heavy atom. The van der Waals surface area contributed by atoms with E-state index in [2.05, 4.69) is 0 Å². The number of esters is 1. The smallest absolute Gasteiger partial charge is 0.344 e. The van der Waals surface area contributed by atoms with Gasteiger partial charge in [-0.25, -0.2) is 9.59 Å². The van der Waals surface area contributed by atoms with Crippen LogP contribution >= 0.6 is 0 Å². The van der Waals surface area contributed by atoms with Crippen LogP contribution < -0.4 is 15.8 Å². The van der Waals surface area contributed by atoms with Crippen LogP contribution in [-0.4, -0.2) is 30.6 Å². The van der Waals surface area contributed by atoms with Crippen molar-refractivity contribution in [3.63, 3.8) is 0 Å². The van der Waals surface area contributed by atoms with Crippen molar-refractivity contribution in [1.82, 2.24) is 5.32 Å². The summed E-state index contributed by atoms with van der Waals surface area (Å²) in [5.41, 5.74) is 6.87. The Bertz CT molecular complexity index is 598. The molecule has 0 unspecified atom stereocenters. The van der Waals surface area contributed by atoms with Crippen molar-refractivity contribution in [2.45, 2.75) is 33.8 Å². The summed E-state index contributed by atoms with van der Waals surface area (Å²) in [6.07, 6.45) is -1.11. The average molecular weight is 322 g/mol. The van der Waals surface area contributed by atoms with Gasteiger partial charge in [-0.2, -0.15) is 0 Å². The number of primary amides is 1. The summed E-state index contributed by atoms with van der Waals surface area (Å²) in [7, 11) is 0. The van der Waals surface area contributed by atoms with Gasteiger partial charge in [0.05, 0.1) is 0 Å². The van der Waals surface area contributed by atoms with Crippen LogP contribution in [0.2, 0.25) is 0 Å². The fourth-order valence-electron chi connectivity index (χ4n) is 1.96. The summed E-state index contributed by atoms with van der Waals surface area (Å²) in [5, 5.41) is 1.90. The Morgan fingerprint density at radius 1 is 1.22 bits per heavy atom. The maximum absolute atomic E-state index is 11.9. The summed E-state index contributed by atoms with van der Waals surface area (Å²) in [6.45, 7) is 6.85. The van der Waals surface area contributed by atoms with Crippen LogP contribution in [0.4, 0.5) is 4.79 Å². The molecule has 0 fully saturated rings. The normalized spacial score (nSPS) is 11.7. The quantitative estimate of drug-likeness (QED) is 0.771. The van der Waals surface area contributed by atoms with E-state index in [1.165, 1.54) is 0 Å². The molecule has 0 heterocycles. The maximum Gasteiger partial charge on any atom is 0.344 e. The predicted molar refractivity (Wildman–Crippen MR) is 83.9 cm³/mol. The van der Waals surface area contributed by atoms with Gasteiger partial charge in [-0.05, 0) is 31.4 Å². The lowest BCUT2D eigenvalue weighted by molar-refractivity contribution is -0.160. The number of urea groups is 1. The Balaban J connectivity index is 2.62. The molecule has 0 aliphatic rings. The Morgan fingerprint density at radius 2 is 1.87 bits per heavy atom. The second kappa shape index (κ2) is 8.17. The van der Waals surface area contributed by atoms with Crippen LogP contribution in [0.15, 0.2) is 18.2 Å². The minimum atomic E-state index is -1.11. The van der Waals surface area contributed by atoms with E-state index < -0.39 is 24.0 Å². The zero-order chi connectivity index (χ0) is 17.6. The number of nitrogens with two attached hydrogens (primary N) is 1. The molecular formula is C16H22N2O5. The van der Waals surface area contributed by atoms with Gasteiger partial charge < -0.3 is 15.2 Å². The molecule has 0 aliphatic heterocycles. The fraction of sp³-hybridized carbons (Fsp3) is 0.438. The first-order valence-electron chi connectivity index (χ1n) is 7.20. The first-order valence-corrected chi connectivity index (χ1v) is 7.20. The van der Waals surface area contributed by atoms with Gasteiger partial charge in [0.2, 0.25) is 0 Å². The standard InChI is InChI=1S/C16H22N2O5/c1-9(2)14(15(20)18-16(17)21)23-13(19)8-22-12-6-5-10(3)7-11(12)4/h5-7,9,14H,8H2,1-4H3,(H3,17,18,20,21)/t14-/m0/s1. The molecule has 3 N–H and O–H groups in total. The minimum Gasteiger partial charge on any atom is -0.482 e. The average Bonchev–Trinajstić information content (AvgIpc) is 2.42. The Kier molecular flexibility index (Phi) is 6.56. The van der Waals surface area contributed by atoms with E-state index in [1.807, 2.05) is 31.3 Å². The van der Waals surface area contributed by atoms with E-state index in [4.69, 9.17) is 15.2 Å². The van der Waals surface area contributed by atoms with Gasteiger partial charge in [0.1, 0.15) is 5.75 Å². The van der Waals surface area contributed by atoms with Crippen molar-refractivity contribution in [2.75, 3.05) is 6.61 Å². The molecule has 1 rings (SSSR count). The van der Waals surface area contributed by atoms with Crippen LogP contribution in [0.1, 0.15) is 25.0 Å². The zero-order valence-corrected chi connectivity index (χ0v) is 13.7. The van der Waals surface area contributed by atoms with E-state index in [9.17, 15) is 14.4 Å². The number of hydrogen-bond donors (Lipinski definition) is 2. The molecule has 126 valence electrons. The van der Waals surface area contributed by atoms with Gasteiger partial charge >= 0.3 is 12.0 Å². The summed E-state index contributed by atoms with van der Waals surface area (Å²) in [4.78, 5) is 34.3.